The van der Waals surface area contributed by atoms with Crippen molar-refractivity contribution in [2.24, 2.45) is 0 Å². The van der Waals surface area contributed by atoms with Gasteiger partial charge in [-0.05, 0) is 37.6 Å². The van der Waals surface area contributed by atoms with Gasteiger partial charge in [0.2, 0.25) is 0 Å². The topological polar surface area (TPSA) is 64.3 Å². The smallest absolute Gasteiger partial charge is 0.253 e. The van der Waals surface area contributed by atoms with Crippen molar-refractivity contribution in [1.82, 2.24) is 0 Å². The second kappa shape index (κ2) is 10.2. The Balaban J connectivity index is 2.15. The molecule has 1 amide bonds. The standard InChI is InChI=1S/C17H28N2O2/c1-3-4-5-6-7-8-13-21-14(2)17(20)19-16-11-9-15(18)10-12-16/h9-12,14H,3-8,13,18H2,1-2H3,(H,19,20). The summed E-state index contributed by atoms with van der Waals surface area (Å²) in [5, 5.41) is 2.82. The maximum absolute atomic E-state index is 11.9. The molecule has 3 N–H and O–H groups in total. The highest BCUT2D eigenvalue weighted by Crippen LogP contribution is 2.11. The number of amides is 1. The third-order valence-electron chi connectivity index (χ3n) is 3.41. The molecule has 0 aliphatic carbocycles. The lowest BCUT2D eigenvalue weighted by Gasteiger charge is -2.13. The molecule has 1 unspecified atom stereocenters. The number of unbranched alkanes of at least 4 members (excludes halogenated alkanes) is 5. The molecule has 0 saturated carbocycles. The van der Waals surface area contributed by atoms with Gasteiger partial charge in [-0.15, -0.1) is 0 Å². The predicted octanol–water partition coefficient (Wildman–Crippen LogP) is 3.97. The highest BCUT2D eigenvalue weighted by atomic mass is 16.5. The first-order valence-corrected chi connectivity index (χ1v) is 7.91. The summed E-state index contributed by atoms with van der Waals surface area (Å²) in [4.78, 5) is 11.9. The van der Waals surface area contributed by atoms with Crippen molar-refractivity contribution in [1.29, 1.82) is 0 Å². The first-order chi connectivity index (χ1) is 10.1. The number of nitrogen functional groups attached to an aromatic ring is 1. The monoisotopic (exact) mass is 292 g/mol. The average Bonchev–Trinajstić information content (AvgIpc) is 2.48. The number of carbonyl (C=O) groups excluding carboxylic acids is 1. The normalized spacial score (nSPS) is 12.1. The van der Waals surface area contributed by atoms with E-state index < -0.39 is 6.10 Å². The third kappa shape index (κ3) is 7.71. The summed E-state index contributed by atoms with van der Waals surface area (Å²) >= 11 is 0. The second-order valence-electron chi connectivity index (χ2n) is 5.39. The Morgan fingerprint density at radius 1 is 1.14 bits per heavy atom. The minimum atomic E-state index is -0.432. The van der Waals surface area contributed by atoms with E-state index in [1.54, 1.807) is 31.2 Å². The van der Waals surface area contributed by atoms with Gasteiger partial charge >= 0.3 is 0 Å². The van der Waals surface area contributed by atoms with E-state index in [2.05, 4.69) is 12.2 Å². The number of carbonyl (C=O) groups is 1. The summed E-state index contributed by atoms with van der Waals surface area (Å²) in [6.45, 7) is 4.64. The SMILES string of the molecule is CCCCCCCCOC(C)C(=O)Nc1ccc(N)cc1. The average molecular weight is 292 g/mol. The zero-order valence-corrected chi connectivity index (χ0v) is 13.2. The fourth-order valence-electron chi connectivity index (χ4n) is 2.03. The van der Waals surface area contributed by atoms with Crippen LogP contribution in [0.15, 0.2) is 24.3 Å². The number of ether oxygens (including phenoxy) is 1. The van der Waals surface area contributed by atoms with Crippen molar-refractivity contribution < 1.29 is 9.53 Å². The van der Waals surface area contributed by atoms with Crippen LogP contribution in [0.2, 0.25) is 0 Å². The molecule has 0 heterocycles. The molecule has 1 atom stereocenters. The molecule has 4 heteroatoms. The molecule has 0 aromatic heterocycles. The maximum Gasteiger partial charge on any atom is 0.253 e. The van der Waals surface area contributed by atoms with Crippen LogP contribution >= 0.6 is 0 Å². The van der Waals surface area contributed by atoms with Gasteiger partial charge < -0.3 is 15.8 Å². The van der Waals surface area contributed by atoms with Gasteiger partial charge in [0, 0.05) is 18.0 Å². The van der Waals surface area contributed by atoms with Crippen LogP contribution in [0.5, 0.6) is 0 Å². The number of benzene rings is 1. The van der Waals surface area contributed by atoms with Crippen molar-refractivity contribution in [3.8, 4) is 0 Å². The minimum absolute atomic E-state index is 0.120. The van der Waals surface area contributed by atoms with E-state index in [0.717, 1.165) is 12.1 Å². The van der Waals surface area contributed by atoms with E-state index in [4.69, 9.17) is 10.5 Å². The lowest BCUT2D eigenvalue weighted by molar-refractivity contribution is -0.126. The van der Waals surface area contributed by atoms with Gasteiger partial charge in [-0.3, -0.25) is 4.79 Å². The van der Waals surface area contributed by atoms with Gasteiger partial charge in [0.15, 0.2) is 0 Å². The minimum Gasteiger partial charge on any atom is -0.399 e. The van der Waals surface area contributed by atoms with E-state index >= 15 is 0 Å². The largest absolute Gasteiger partial charge is 0.399 e. The molecule has 0 spiro atoms. The molecule has 0 saturated heterocycles. The van der Waals surface area contributed by atoms with Crippen LogP contribution < -0.4 is 11.1 Å². The van der Waals surface area contributed by atoms with Crippen LogP contribution in [0.1, 0.15) is 52.4 Å². The molecular formula is C17H28N2O2. The fourth-order valence-corrected chi connectivity index (χ4v) is 2.03. The van der Waals surface area contributed by atoms with Gasteiger partial charge in [-0.2, -0.15) is 0 Å². The summed E-state index contributed by atoms with van der Waals surface area (Å²) in [7, 11) is 0. The highest BCUT2D eigenvalue weighted by molar-refractivity contribution is 5.93. The summed E-state index contributed by atoms with van der Waals surface area (Å²) in [5.41, 5.74) is 7.03. The Bertz CT molecular complexity index is 404. The van der Waals surface area contributed by atoms with Gasteiger partial charge in [-0.1, -0.05) is 39.0 Å². The molecule has 1 rings (SSSR count). The molecule has 1 aromatic carbocycles. The van der Waals surface area contributed by atoms with Crippen molar-refractivity contribution in [3.05, 3.63) is 24.3 Å². The van der Waals surface area contributed by atoms with E-state index in [1.807, 2.05) is 0 Å². The van der Waals surface area contributed by atoms with E-state index in [9.17, 15) is 4.79 Å². The highest BCUT2D eigenvalue weighted by Gasteiger charge is 2.13. The molecular weight excluding hydrogens is 264 g/mol. The van der Waals surface area contributed by atoms with Crippen molar-refractivity contribution in [2.45, 2.75) is 58.5 Å². The van der Waals surface area contributed by atoms with Gasteiger partial charge in [-0.25, -0.2) is 0 Å². The van der Waals surface area contributed by atoms with Gasteiger partial charge in [0.25, 0.3) is 5.91 Å². The third-order valence-corrected chi connectivity index (χ3v) is 3.41. The number of nitrogens with two attached hydrogens (primary N) is 1. The zero-order chi connectivity index (χ0) is 15.5. The van der Waals surface area contributed by atoms with Crippen molar-refractivity contribution in [2.75, 3.05) is 17.7 Å². The predicted molar refractivity (Wildman–Crippen MR) is 88.3 cm³/mol. The number of nitrogens with one attached hydrogen (secondary N) is 1. The molecule has 0 bridgehead atoms. The van der Waals surface area contributed by atoms with Crippen molar-refractivity contribution >= 4 is 17.3 Å². The first kappa shape index (κ1) is 17.5. The van der Waals surface area contributed by atoms with Crippen LogP contribution in [0.25, 0.3) is 0 Å². The molecule has 0 aliphatic rings. The summed E-state index contributed by atoms with van der Waals surface area (Å²) in [5.74, 6) is -0.120. The Hall–Kier alpha value is -1.55. The lowest BCUT2D eigenvalue weighted by Crippen LogP contribution is -2.28. The Kier molecular flexibility index (Phi) is 8.51. The van der Waals surface area contributed by atoms with Crippen LogP contribution in [0, 0.1) is 0 Å². The van der Waals surface area contributed by atoms with Crippen LogP contribution in [-0.2, 0) is 9.53 Å². The second-order valence-corrected chi connectivity index (χ2v) is 5.39. The Morgan fingerprint density at radius 3 is 2.43 bits per heavy atom. The lowest BCUT2D eigenvalue weighted by atomic mass is 10.1. The van der Waals surface area contributed by atoms with E-state index in [0.29, 0.717) is 12.3 Å². The molecule has 118 valence electrons. The number of hydrogen-bond donors (Lipinski definition) is 2. The molecule has 0 aliphatic heterocycles. The van der Waals surface area contributed by atoms with Crippen LogP contribution in [0.3, 0.4) is 0 Å². The quantitative estimate of drug-likeness (QED) is 0.506. The number of hydrogen-bond acceptors (Lipinski definition) is 3. The number of anilines is 2. The summed E-state index contributed by atoms with van der Waals surface area (Å²) < 4.78 is 5.57. The molecule has 21 heavy (non-hydrogen) atoms. The van der Waals surface area contributed by atoms with Crippen molar-refractivity contribution in [3.63, 3.8) is 0 Å². The Morgan fingerprint density at radius 2 is 1.76 bits per heavy atom. The molecule has 1 aromatic rings. The van der Waals surface area contributed by atoms with Crippen LogP contribution in [0.4, 0.5) is 11.4 Å². The number of rotatable bonds is 10. The van der Waals surface area contributed by atoms with E-state index in [-0.39, 0.29) is 5.91 Å². The van der Waals surface area contributed by atoms with Gasteiger partial charge in [0.05, 0.1) is 0 Å². The summed E-state index contributed by atoms with van der Waals surface area (Å²) in [6.07, 6.45) is 6.88. The molecule has 0 fully saturated rings. The first-order valence-electron chi connectivity index (χ1n) is 7.91. The molecule has 0 radical (unpaired) electrons. The van der Waals surface area contributed by atoms with E-state index in [1.165, 1.54) is 32.1 Å². The Labute approximate surface area is 128 Å². The summed E-state index contributed by atoms with van der Waals surface area (Å²) in [6, 6.07) is 7.09. The fraction of sp³-hybridized carbons (Fsp3) is 0.588. The molecule has 4 nitrogen and oxygen atoms in total. The zero-order valence-electron chi connectivity index (χ0n) is 13.2. The maximum atomic E-state index is 11.9. The van der Waals surface area contributed by atoms with Crippen LogP contribution in [-0.4, -0.2) is 18.6 Å². The van der Waals surface area contributed by atoms with Gasteiger partial charge in [0.1, 0.15) is 6.10 Å².